The third-order valence-corrected chi connectivity index (χ3v) is 5.71. The normalized spacial score (nSPS) is 21.7. The summed E-state index contributed by atoms with van der Waals surface area (Å²) < 4.78 is 38.3. The van der Waals surface area contributed by atoms with Gasteiger partial charge < -0.3 is 9.80 Å². The average molecular weight is 397 g/mol. The molecule has 0 N–H and O–H groups in total. The van der Waals surface area contributed by atoms with Crippen LogP contribution in [-0.4, -0.2) is 52.8 Å². The molecule has 0 radical (unpaired) electrons. The molecule has 3 rings (SSSR count). The van der Waals surface area contributed by atoms with Gasteiger partial charge in [0.25, 0.3) is 5.91 Å². The van der Waals surface area contributed by atoms with Crippen LogP contribution in [0.4, 0.5) is 13.2 Å². The van der Waals surface area contributed by atoms with Crippen molar-refractivity contribution in [3.05, 3.63) is 29.1 Å². The van der Waals surface area contributed by atoms with Crippen LogP contribution in [0.2, 0.25) is 0 Å². The Bertz CT molecular complexity index is 743. The van der Waals surface area contributed by atoms with Gasteiger partial charge >= 0.3 is 6.18 Å². The number of halogens is 3. The lowest BCUT2D eigenvalue weighted by atomic mass is 9.92. The van der Waals surface area contributed by atoms with E-state index in [9.17, 15) is 22.8 Å². The fraction of sp³-hybridized carbons (Fsp3) is 0.650. The monoisotopic (exact) mass is 397 g/mol. The zero-order chi connectivity index (χ0) is 20.5. The van der Waals surface area contributed by atoms with Gasteiger partial charge in [-0.25, -0.2) is 4.98 Å². The van der Waals surface area contributed by atoms with Crippen LogP contribution in [0, 0.1) is 18.8 Å². The van der Waals surface area contributed by atoms with Crippen molar-refractivity contribution in [3.63, 3.8) is 0 Å². The van der Waals surface area contributed by atoms with Crippen LogP contribution in [0.3, 0.4) is 0 Å². The number of aryl methyl sites for hydroxylation is 1. The summed E-state index contributed by atoms with van der Waals surface area (Å²) in [7, 11) is 0. The van der Waals surface area contributed by atoms with Gasteiger partial charge in [0, 0.05) is 32.1 Å². The largest absolute Gasteiger partial charge is 0.433 e. The van der Waals surface area contributed by atoms with Gasteiger partial charge in [-0.15, -0.1) is 0 Å². The molecule has 8 heteroatoms. The molecule has 154 valence electrons. The summed E-state index contributed by atoms with van der Waals surface area (Å²) in [6.45, 7) is 6.03. The lowest BCUT2D eigenvalue weighted by Crippen LogP contribution is -2.47. The first kappa shape index (κ1) is 20.6. The van der Waals surface area contributed by atoms with E-state index in [-0.39, 0.29) is 29.0 Å². The van der Waals surface area contributed by atoms with E-state index in [2.05, 4.69) is 11.9 Å². The van der Waals surface area contributed by atoms with E-state index >= 15 is 0 Å². The first-order valence-electron chi connectivity index (χ1n) is 9.79. The smallest absolute Gasteiger partial charge is 0.342 e. The number of carbonyl (C=O) groups excluding carboxylic acids is 2. The molecule has 0 aromatic carbocycles. The third-order valence-electron chi connectivity index (χ3n) is 5.71. The molecule has 28 heavy (non-hydrogen) atoms. The standard InChI is InChI=1S/C20H26F3N3O2/c1-13-4-3-9-26(12-13)18(27)15-7-10-25(11-8-15)19(28)16-5-6-17(20(21,22)23)24-14(16)2/h5-6,13,15H,3-4,7-12H2,1-2H3. The molecule has 0 bridgehead atoms. The molecule has 5 nitrogen and oxygen atoms in total. The highest BCUT2D eigenvalue weighted by atomic mass is 19.4. The number of nitrogens with zero attached hydrogens (tertiary/aromatic N) is 3. The van der Waals surface area contributed by atoms with Crippen molar-refractivity contribution in [1.29, 1.82) is 0 Å². The number of amides is 2. The SMILES string of the molecule is Cc1nc(C(F)(F)F)ccc1C(=O)N1CCC(C(=O)N2CCCC(C)C2)CC1. The molecular weight excluding hydrogens is 371 g/mol. The van der Waals surface area contributed by atoms with E-state index in [4.69, 9.17) is 0 Å². The highest BCUT2D eigenvalue weighted by Gasteiger charge is 2.35. The fourth-order valence-electron chi connectivity index (χ4n) is 4.09. The molecular formula is C20H26F3N3O2. The molecule has 1 unspecified atom stereocenters. The molecule has 2 amide bonds. The number of hydrogen-bond donors (Lipinski definition) is 0. The number of likely N-dealkylation sites (tertiary alicyclic amines) is 2. The van der Waals surface area contributed by atoms with E-state index in [1.54, 1.807) is 4.90 Å². The quantitative estimate of drug-likeness (QED) is 0.767. The van der Waals surface area contributed by atoms with Crippen LogP contribution >= 0.6 is 0 Å². The Hall–Kier alpha value is -2.12. The highest BCUT2D eigenvalue weighted by Crippen LogP contribution is 2.29. The summed E-state index contributed by atoms with van der Waals surface area (Å²) in [4.78, 5) is 32.5. The van der Waals surface area contributed by atoms with Crippen LogP contribution in [0.5, 0.6) is 0 Å². The number of hydrogen-bond acceptors (Lipinski definition) is 3. The Balaban J connectivity index is 1.60. The van der Waals surface area contributed by atoms with Crippen molar-refractivity contribution in [2.75, 3.05) is 26.2 Å². The van der Waals surface area contributed by atoms with Crippen LogP contribution in [0.15, 0.2) is 12.1 Å². The Kier molecular flexibility index (Phi) is 5.95. The van der Waals surface area contributed by atoms with E-state index in [0.29, 0.717) is 31.8 Å². The molecule has 1 atom stereocenters. The van der Waals surface area contributed by atoms with Crippen molar-refractivity contribution < 1.29 is 22.8 Å². The lowest BCUT2D eigenvalue weighted by molar-refractivity contribution is -0.141. The van der Waals surface area contributed by atoms with Gasteiger partial charge in [0.15, 0.2) is 0 Å². The van der Waals surface area contributed by atoms with Crippen molar-refractivity contribution in [3.8, 4) is 0 Å². The second-order valence-corrected chi connectivity index (χ2v) is 7.93. The van der Waals surface area contributed by atoms with Crippen molar-refractivity contribution in [2.45, 2.75) is 45.7 Å². The molecule has 2 aliphatic rings. The van der Waals surface area contributed by atoms with Gasteiger partial charge in [0.1, 0.15) is 5.69 Å². The molecule has 0 spiro atoms. The fourth-order valence-corrected chi connectivity index (χ4v) is 4.09. The summed E-state index contributed by atoms with van der Waals surface area (Å²) in [6, 6.07) is 2.04. The summed E-state index contributed by atoms with van der Waals surface area (Å²) in [5, 5.41) is 0. The maximum atomic E-state index is 12.8. The molecule has 1 aromatic heterocycles. The predicted octanol–water partition coefficient (Wildman–Crippen LogP) is 3.52. The average Bonchev–Trinajstić information content (AvgIpc) is 2.66. The van der Waals surface area contributed by atoms with E-state index < -0.39 is 11.9 Å². The number of piperidine rings is 2. The minimum Gasteiger partial charge on any atom is -0.342 e. The van der Waals surface area contributed by atoms with Gasteiger partial charge in [-0.1, -0.05) is 6.92 Å². The topological polar surface area (TPSA) is 53.5 Å². The third kappa shape index (κ3) is 4.47. The van der Waals surface area contributed by atoms with Crippen molar-refractivity contribution >= 4 is 11.8 Å². The van der Waals surface area contributed by atoms with E-state index in [1.165, 1.54) is 13.0 Å². The molecule has 0 aliphatic carbocycles. The molecule has 2 fully saturated rings. The first-order valence-corrected chi connectivity index (χ1v) is 9.79. The Morgan fingerprint density at radius 1 is 1.07 bits per heavy atom. The van der Waals surface area contributed by atoms with E-state index in [0.717, 1.165) is 32.0 Å². The molecule has 2 aliphatic heterocycles. The molecule has 2 saturated heterocycles. The number of aromatic nitrogens is 1. The maximum absolute atomic E-state index is 12.8. The summed E-state index contributed by atoms with van der Waals surface area (Å²) >= 11 is 0. The summed E-state index contributed by atoms with van der Waals surface area (Å²) in [5.41, 5.74) is -0.746. The molecule has 0 saturated carbocycles. The van der Waals surface area contributed by atoms with Gasteiger partial charge in [-0.05, 0) is 50.7 Å². The number of alkyl halides is 3. The second-order valence-electron chi connectivity index (χ2n) is 7.93. The van der Waals surface area contributed by atoms with Crippen LogP contribution < -0.4 is 0 Å². The zero-order valence-corrected chi connectivity index (χ0v) is 16.3. The zero-order valence-electron chi connectivity index (χ0n) is 16.3. The van der Waals surface area contributed by atoms with Crippen LogP contribution in [0.25, 0.3) is 0 Å². The maximum Gasteiger partial charge on any atom is 0.433 e. The Labute approximate surface area is 162 Å². The number of rotatable bonds is 2. The Morgan fingerprint density at radius 2 is 1.75 bits per heavy atom. The van der Waals surface area contributed by atoms with Gasteiger partial charge in [-0.3, -0.25) is 9.59 Å². The van der Waals surface area contributed by atoms with Crippen LogP contribution in [-0.2, 0) is 11.0 Å². The summed E-state index contributed by atoms with van der Waals surface area (Å²) in [6.07, 6.45) is -1.18. The van der Waals surface area contributed by atoms with Gasteiger partial charge in [0.2, 0.25) is 5.91 Å². The molecule has 3 heterocycles. The predicted molar refractivity (Wildman–Crippen MR) is 97.6 cm³/mol. The van der Waals surface area contributed by atoms with Crippen molar-refractivity contribution in [2.24, 2.45) is 11.8 Å². The number of pyridine rings is 1. The lowest BCUT2D eigenvalue weighted by Gasteiger charge is -2.37. The first-order chi connectivity index (χ1) is 13.2. The minimum absolute atomic E-state index is 0.0697. The Morgan fingerprint density at radius 3 is 2.32 bits per heavy atom. The molecule has 1 aromatic rings. The van der Waals surface area contributed by atoms with Gasteiger partial charge in [-0.2, -0.15) is 13.2 Å². The summed E-state index contributed by atoms with van der Waals surface area (Å²) in [5.74, 6) is 0.290. The minimum atomic E-state index is -4.53. The van der Waals surface area contributed by atoms with Gasteiger partial charge in [0.05, 0.1) is 11.3 Å². The van der Waals surface area contributed by atoms with E-state index in [1.807, 2.05) is 4.90 Å². The van der Waals surface area contributed by atoms with Crippen molar-refractivity contribution in [1.82, 2.24) is 14.8 Å². The highest BCUT2D eigenvalue weighted by molar-refractivity contribution is 5.95. The number of carbonyl (C=O) groups is 2. The second kappa shape index (κ2) is 8.09. The van der Waals surface area contributed by atoms with Crippen LogP contribution in [0.1, 0.15) is 54.4 Å².